The number of likely N-dealkylation sites (tertiary alicyclic amines) is 1. The Kier molecular flexibility index (Phi) is 4.14. The van der Waals surface area contributed by atoms with Gasteiger partial charge in [-0.05, 0) is 33.6 Å². The third-order valence-corrected chi connectivity index (χ3v) is 6.18. The van der Waals surface area contributed by atoms with Gasteiger partial charge in [0, 0.05) is 42.0 Å². The van der Waals surface area contributed by atoms with Crippen molar-refractivity contribution in [1.82, 2.24) is 24.5 Å². The number of amides is 1. The molecule has 1 saturated heterocycles. The van der Waals surface area contributed by atoms with Crippen molar-refractivity contribution in [2.45, 2.75) is 39.5 Å². The lowest BCUT2D eigenvalue weighted by atomic mass is 9.93. The van der Waals surface area contributed by atoms with Gasteiger partial charge in [0.25, 0.3) is 11.5 Å². The standard InChI is InChI=1S/C18H21N5O2S/c1-10-11(2)20-15-8-14(21-23(15)17(10)24)13-4-6-22(7-5-13)18(25)16-12(3)19-9-26-16/h8-9,13,21H,4-7H2,1-3H3. The fraction of sp³-hybridized carbons (Fsp3) is 0.444. The van der Waals surface area contributed by atoms with Crippen LogP contribution in [0.3, 0.4) is 0 Å². The second-order valence-electron chi connectivity index (χ2n) is 6.87. The van der Waals surface area contributed by atoms with Gasteiger partial charge in [0.1, 0.15) is 4.88 Å². The Hall–Kier alpha value is -2.48. The molecule has 26 heavy (non-hydrogen) atoms. The lowest BCUT2D eigenvalue weighted by Gasteiger charge is -2.31. The molecule has 1 N–H and O–H groups in total. The molecule has 1 aliphatic heterocycles. The molecule has 0 unspecified atom stereocenters. The maximum atomic E-state index is 12.6. The maximum Gasteiger partial charge on any atom is 0.275 e. The molecule has 3 aromatic rings. The molecule has 0 atom stereocenters. The van der Waals surface area contributed by atoms with Crippen molar-refractivity contribution in [1.29, 1.82) is 0 Å². The summed E-state index contributed by atoms with van der Waals surface area (Å²) in [6.45, 7) is 6.93. The largest absolute Gasteiger partial charge is 0.338 e. The van der Waals surface area contributed by atoms with E-state index in [0.29, 0.717) is 30.2 Å². The van der Waals surface area contributed by atoms with Crippen LogP contribution < -0.4 is 5.56 Å². The molecular formula is C18H21N5O2S. The summed E-state index contributed by atoms with van der Waals surface area (Å²) in [4.78, 5) is 36.3. The van der Waals surface area contributed by atoms with Crippen LogP contribution in [-0.2, 0) is 0 Å². The highest BCUT2D eigenvalue weighted by Gasteiger charge is 2.27. The second kappa shape index (κ2) is 6.35. The van der Waals surface area contributed by atoms with Crippen LogP contribution in [0.15, 0.2) is 16.4 Å². The number of aromatic nitrogens is 4. The smallest absolute Gasteiger partial charge is 0.275 e. The average Bonchev–Trinajstić information content (AvgIpc) is 3.26. The van der Waals surface area contributed by atoms with Crippen molar-refractivity contribution in [3.8, 4) is 0 Å². The van der Waals surface area contributed by atoms with Gasteiger partial charge in [-0.15, -0.1) is 11.3 Å². The molecule has 8 heteroatoms. The number of nitrogens with one attached hydrogen (secondary N) is 1. The second-order valence-corrected chi connectivity index (χ2v) is 7.72. The van der Waals surface area contributed by atoms with E-state index in [9.17, 15) is 9.59 Å². The van der Waals surface area contributed by atoms with E-state index in [4.69, 9.17) is 0 Å². The third-order valence-electron chi connectivity index (χ3n) is 5.27. The molecule has 1 fully saturated rings. The first-order valence-electron chi connectivity index (χ1n) is 8.74. The Labute approximate surface area is 154 Å². The SMILES string of the molecule is Cc1ncsc1C(=O)N1CCC(c2cc3nc(C)c(C)c(=O)n3[nH]2)CC1. The van der Waals surface area contributed by atoms with Crippen molar-refractivity contribution in [2.75, 3.05) is 13.1 Å². The van der Waals surface area contributed by atoms with Crippen molar-refractivity contribution in [3.63, 3.8) is 0 Å². The molecule has 4 rings (SSSR count). The topological polar surface area (TPSA) is 83.4 Å². The summed E-state index contributed by atoms with van der Waals surface area (Å²) >= 11 is 1.40. The van der Waals surface area contributed by atoms with E-state index < -0.39 is 0 Å². The van der Waals surface area contributed by atoms with E-state index in [1.807, 2.05) is 24.8 Å². The first-order valence-corrected chi connectivity index (χ1v) is 9.62. The molecular weight excluding hydrogens is 350 g/mol. The quantitative estimate of drug-likeness (QED) is 0.750. The zero-order chi connectivity index (χ0) is 18.4. The molecule has 7 nitrogen and oxygen atoms in total. The number of hydrogen-bond donors (Lipinski definition) is 1. The Balaban J connectivity index is 1.52. The number of carbonyl (C=O) groups excluding carboxylic acids is 1. The Bertz CT molecular complexity index is 1040. The molecule has 0 spiro atoms. The predicted molar refractivity (Wildman–Crippen MR) is 100 cm³/mol. The average molecular weight is 371 g/mol. The van der Waals surface area contributed by atoms with Gasteiger partial charge in [-0.2, -0.15) is 0 Å². The lowest BCUT2D eigenvalue weighted by molar-refractivity contribution is 0.0716. The number of aromatic amines is 1. The van der Waals surface area contributed by atoms with Crippen molar-refractivity contribution < 1.29 is 4.79 Å². The van der Waals surface area contributed by atoms with Gasteiger partial charge in [-0.3, -0.25) is 14.7 Å². The number of aryl methyl sites for hydroxylation is 2. The van der Waals surface area contributed by atoms with Crippen LogP contribution in [-0.4, -0.2) is 43.5 Å². The van der Waals surface area contributed by atoms with Gasteiger partial charge in [-0.1, -0.05) is 0 Å². The molecule has 3 aromatic heterocycles. The number of thiazole rings is 1. The van der Waals surface area contributed by atoms with Crippen LogP contribution in [0.1, 0.15) is 51.1 Å². The number of piperidine rings is 1. The number of fused-ring (bicyclic) bond motifs is 1. The molecule has 0 radical (unpaired) electrons. The molecule has 0 bridgehead atoms. The first-order chi connectivity index (χ1) is 12.5. The molecule has 0 aromatic carbocycles. The highest BCUT2D eigenvalue weighted by atomic mass is 32.1. The van der Waals surface area contributed by atoms with Crippen molar-refractivity contribution >= 4 is 22.9 Å². The number of rotatable bonds is 2. The highest BCUT2D eigenvalue weighted by Crippen LogP contribution is 2.29. The maximum absolute atomic E-state index is 12.6. The number of nitrogens with zero attached hydrogens (tertiary/aromatic N) is 4. The van der Waals surface area contributed by atoms with E-state index >= 15 is 0 Å². The summed E-state index contributed by atoms with van der Waals surface area (Å²) in [7, 11) is 0. The Morgan fingerprint density at radius 2 is 1.96 bits per heavy atom. The van der Waals surface area contributed by atoms with Gasteiger partial charge < -0.3 is 4.90 Å². The highest BCUT2D eigenvalue weighted by molar-refractivity contribution is 7.11. The zero-order valence-electron chi connectivity index (χ0n) is 15.1. The zero-order valence-corrected chi connectivity index (χ0v) is 15.9. The van der Waals surface area contributed by atoms with E-state index in [1.54, 1.807) is 12.4 Å². The third kappa shape index (κ3) is 2.74. The summed E-state index contributed by atoms with van der Waals surface area (Å²) in [6.07, 6.45) is 1.73. The van der Waals surface area contributed by atoms with Gasteiger partial charge in [0.2, 0.25) is 0 Å². The van der Waals surface area contributed by atoms with E-state index in [-0.39, 0.29) is 11.5 Å². The number of H-pyrrole nitrogens is 1. The van der Waals surface area contributed by atoms with Crippen molar-refractivity contribution in [3.05, 3.63) is 49.5 Å². The minimum atomic E-state index is -0.0490. The van der Waals surface area contributed by atoms with Crippen LogP contribution in [0.25, 0.3) is 5.65 Å². The molecule has 0 aliphatic carbocycles. The molecule has 136 valence electrons. The summed E-state index contributed by atoms with van der Waals surface area (Å²) in [5.41, 5.74) is 5.57. The Morgan fingerprint density at radius 3 is 2.62 bits per heavy atom. The van der Waals surface area contributed by atoms with Crippen LogP contribution in [0.5, 0.6) is 0 Å². The minimum Gasteiger partial charge on any atom is -0.338 e. The summed E-state index contributed by atoms with van der Waals surface area (Å²) < 4.78 is 1.52. The van der Waals surface area contributed by atoms with Gasteiger partial charge in [0.15, 0.2) is 5.65 Å². The lowest BCUT2D eigenvalue weighted by Crippen LogP contribution is -2.38. The molecule has 1 amide bonds. The minimum absolute atomic E-state index is 0.0490. The van der Waals surface area contributed by atoms with Crippen LogP contribution in [0.4, 0.5) is 0 Å². The number of hydrogen-bond acceptors (Lipinski definition) is 5. The normalized spacial score (nSPS) is 15.7. The van der Waals surface area contributed by atoms with Crippen LogP contribution in [0.2, 0.25) is 0 Å². The van der Waals surface area contributed by atoms with E-state index in [2.05, 4.69) is 15.1 Å². The summed E-state index contributed by atoms with van der Waals surface area (Å²) in [5.74, 6) is 0.368. The summed E-state index contributed by atoms with van der Waals surface area (Å²) in [6, 6.07) is 1.96. The van der Waals surface area contributed by atoms with Gasteiger partial charge in [-0.25, -0.2) is 14.5 Å². The molecule has 0 saturated carbocycles. The predicted octanol–water partition coefficient (Wildman–Crippen LogP) is 2.42. The molecule has 4 heterocycles. The molecule has 1 aliphatic rings. The first kappa shape index (κ1) is 17.0. The van der Waals surface area contributed by atoms with Crippen molar-refractivity contribution in [2.24, 2.45) is 0 Å². The Morgan fingerprint density at radius 1 is 1.23 bits per heavy atom. The van der Waals surface area contributed by atoms with Gasteiger partial charge in [0.05, 0.1) is 11.2 Å². The van der Waals surface area contributed by atoms with E-state index in [0.717, 1.165) is 34.8 Å². The monoisotopic (exact) mass is 371 g/mol. The van der Waals surface area contributed by atoms with Gasteiger partial charge >= 0.3 is 0 Å². The van der Waals surface area contributed by atoms with Crippen LogP contribution in [0, 0.1) is 20.8 Å². The number of carbonyl (C=O) groups is 1. The summed E-state index contributed by atoms with van der Waals surface area (Å²) in [5, 5.41) is 3.21. The fourth-order valence-electron chi connectivity index (χ4n) is 3.49. The van der Waals surface area contributed by atoms with E-state index in [1.165, 1.54) is 15.9 Å². The fourth-order valence-corrected chi connectivity index (χ4v) is 4.26. The van der Waals surface area contributed by atoms with Crippen LogP contribution >= 0.6 is 11.3 Å².